The van der Waals surface area contributed by atoms with Crippen LogP contribution in [0.1, 0.15) is 10.5 Å². The fraction of sp³-hybridized carbons (Fsp3) is 0.0833. The largest absolute Gasteiger partial charge is 0.476 e. The van der Waals surface area contributed by atoms with Crippen molar-refractivity contribution >= 4 is 28.9 Å². The third-order valence-electron chi connectivity index (χ3n) is 2.71. The zero-order valence-electron chi connectivity index (χ0n) is 10.6. The lowest BCUT2D eigenvalue weighted by Crippen LogP contribution is -2.19. The number of fused-ring (bicyclic) bond motifs is 1. The highest BCUT2D eigenvalue weighted by molar-refractivity contribution is 5.91. The zero-order chi connectivity index (χ0) is 14.8. The van der Waals surface area contributed by atoms with Gasteiger partial charge in [0, 0.05) is 0 Å². The van der Waals surface area contributed by atoms with E-state index in [1.165, 1.54) is 6.20 Å². The Morgan fingerprint density at radius 3 is 2.86 bits per heavy atom. The van der Waals surface area contributed by atoms with Crippen LogP contribution >= 0.6 is 0 Å². The van der Waals surface area contributed by atoms with Gasteiger partial charge in [0.25, 0.3) is 0 Å². The molecule has 1 amide bonds. The number of benzene rings is 1. The molecule has 0 spiro atoms. The fourth-order valence-corrected chi connectivity index (χ4v) is 1.80. The highest BCUT2D eigenvalue weighted by Crippen LogP contribution is 2.13. The van der Waals surface area contributed by atoms with Crippen LogP contribution in [0.5, 0.6) is 0 Å². The van der Waals surface area contributed by atoms with Gasteiger partial charge >= 0.3 is 5.97 Å². The molecule has 3 rings (SSSR count). The molecule has 2 aromatic heterocycles. The van der Waals surface area contributed by atoms with Crippen molar-refractivity contribution in [2.75, 3.05) is 5.32 Å². The molecule has 0 saturated carbocycles. The molecule has 21 heavy (non-hydrogen) atoms. The predicted molar refractivity (Wildman–Crippen MR) is 71.7 cm³/mol. The van der Waals surface area contributed by atoms with Gasteiger partial charge < -0.3 is 10.1 Å². The number of carboxylic acids is 1. The number of nitrogens with one attached hydrogen (secondary N) is 2. The van der Waals surface area contributed by atoms with Crippen molar-refractivity contribution in [1.29, 1.82) is 0 Å². The van der Waals surface area contributed by atoms with Gasteiger partial charge in [-0.25, -0.2) is 14.5 Å². The molecule has 0 atom stereocenters. The lowest BCUT2D eigenvalue weighted by molar-refractivity contribution is -0.117. The number of nitrogens with zero attached hydrogens (tertiary/aromatic N) is 4. The van der Waals surface area contributed by atoms with E-state index in [0.29, 0.717) is 5.95 Å². The topological polar surface area (TPSA) is 126 Å². The van der Waals surface area contributed by atoms with Gasteiger partial charge in [-0.05, 0) is 12.1 Å². The van der Waals surface area contributed by atoms with E-state index in [9.17, 15) is 9.59 Å². The van der Waals surface area contributed by atoms with Crippen molar-refractivity contribution in [3.05, 3.63) is 36.2 Å². The van der Waals surface area contributed by atoms with Crippen molar-refractivity contribution in [3.8, 4) is 0 Å². The zero-order valence-corrected chi connectivity index (χ0v) is 10.6. The van der Waals surface area contributed by atoms with Crippen LogP contribution in [-0.4, -0.2) is 41.9 Å². The minimum atomic E-state index is -1.20. The molecule has 0 aliphatic rings. The van der Waals surface area contributed by atoms with Gasteiger partial charge in [0.1, 0.15) is 6.54 Å². The highest BCUT2D eigenvalue weighted by Gasteiger charge is 2.12. The summed E-state index contributed by atoms with van der Waals surface area (Å²) in [4.78, 5) is 29.6. The molecule has 0 bridgehead atoms. The Hall–Kier alpha value is -3.23. The lowest BCUT2D eigenvalue weighted by atomic mass is 10.3. The number of hydrogen-bond donors (Lipinski definition) is 3. The second kappa shape index (κ2) is 5.04. The maximum Gasteiger partial charge on any atom is 0.358 e. The van der Waals surface area contributed by atoms with E-state index in [1.807, 2.05) is 24.3 Å². The van der Waals surface area contributed by atoms with Gasteiger partial charge in [0.2, 0.25) is 11.9 Å². The summed E-state index contributed by atoms with van der Waals surface area (Å²) in [6.45, 7) is -0.155. The van der Waals surface area contributed by atoms with Crippen molar-refractivity contribution < 1.29 is 14.7 Å². The summed E-state index contributed by atoms with van der Waals surface area (Å²) in [5.41, 5.74) is 1.33. The Morgan fingerprint density at radius 1 is 1.33 bits per heavy atom. The first-order valence-electron chi connectivity index (χ1n) is 6.00. The molecule has 9 heteroatoms. The quantitative estimate of drug-likeness (QED) is 0.640. The Kier molecular flexibility index (Phi) is 3.07. The average Bonchev–Trinajstić information content (AvgIpc) is 3.04. The number of aromatic amines is 1. The van der Waals surface area contributed by atoms with Crippen LogP contribution in [0, 0.1) is 0 Å². The van der Waals surface area contributed by atoms with Crippen LogP contribution in [0.2, 0.25) is 0 Å². The lowest BCUT2D eigenvalue weighted by Gasteiger charge is -2.00. The second-order valence-corrected chi connectivity index (χ2v) is 4.26. The molecule has 3 aromatic rings. The molecule has 0 aliphatic carbocycles. The molecule has 0 aliphatic heterocycles. The number of carboxylic acid groups (broad SMARTS) is 1. The summed E-state index contributed by atoms with van der Waals surface area (Å²) in [7, 11) is 0. The molecule has 0 saturated heterocycles. The van der Waals surface area contributed by atoms with Crippen molar-refractivity contribution in [2.24, 2.45) is 0 Å². The first kappa shape index (κ1) is 12.8. The second-order valence-electron chi connectivity index (χ2n) is 4.26. The van der Waals surface area contributed by atoms with E-state index < -0.39 is 11.9 Å². The van der Waals surface area contributed by atoms with E-state index >= 15 is 0 Å². The molecule has 9 nitrogen and oxygen atoms in total. The van der Waals surface area contributed by atoms with Crippen molar-refractivity contribution in [1.82, 2.24) is 25.0 Å². The van der Waals surface area contributed by atoms with Gasteiger partial charge in [-0.15, -0.1) is 5.10 Å². The van der Waals surface area contributed by atoms with Crippen LogP contribution in [0.4, 0.5) is 5.95 Å². The number of rotatable bonds is 4. The van der Waals surface area contributed by atoms with Crippen LogP contribution in [0.15, 0.2) is 30.5 Å². The van der Waals surface area contributed by atoms with Crippen LogP contribution in [0.3, 0.4) is 0 Å². The monoisotopic (exact) mass is 286 g/mol. The summed E-state index contributed by atoms with van der Waals surface area (Å²) in [5, 5.41) is 18.3. The van der Waals surface area contributed by atoms with Gasteiger partial charge in [0.05, 0.1) is 17.2 Å². The smallest absolute Gasteiger partial charge is 0.358 e. The molecular formula is C12H10N6O3. The van der Waals surface area contributed by atoms with Gasteiger partial charge in [0.15, 0.2) is 5.69 Å². The number of aromatic carboxylic acids is 1. The fourth-order valence-electron chi connectivity index (χ4n) is 1.80. The van der Waals surface area contributed by atoms with E-state index in [2.05, 4.69) is 25.6 Å². The van der Waals surface area contributed by atoms with Crippen LogP contribution < -0.4 is 5.32 Å². The number of para-hydroxylation sites is 2. The summed E-state index contributed by atoms with van der Waals surface area (Å²) in [6.07, 6.45) is 1.18. The van der Waals surface area contributed by atoms with Crippen molar-refractivity contribution in [3.63, 3.8) is 0 Å². The van der Waals surface area contributed by atoms with Gasteiger partial charge in [-0.2, -0.15) is 0 Å². The summed E-state index contributed by atoms with van der Waals surface area (Å²) < 4.78 is 1.14. The molecule has 106 valence electrons. The molecule has 3 N–H and O–H groups in total. The predicted octanol–water partition coefficient (Wildman–Crippen LogP) is 0.491. The van der Waals surface area contributed by atoms with Gasteiger partial charge in [-0.3, -0.25) is 10.1 Å². The molecule has 0 radical (unpaired) electrons. The Morgan fingerprint density at radius 2 is 2.14 bits per heavy atom. The number of hydrogen-bond acceptors (Lipinski definition) is 5. The Balaban J connectivity index is 1.69. The van der Waals surface area contributed by atoms with E-state index in [0.717, 1.165) is 15.7 Å². The van der Waals surface area contributed by atoms with Crippen molar-refractivity contribution in [2.45, 2.75) is 6.54 Å². The number of anilines is 1. The number of H-pyrrole nitrogens is 1. The Bertz CT molecular complexity index is 788. The van der Waals surface area contributed by atoms with E-state index in [4.69, 9.17) is 5.11 Å². The highest BCUT2D eigenvalue weighted by atomic mass is 16.4. The maximum atomic E-state index is 11.8. The molecule has 2 heterocycles. The number of aromatic nitrogens is 5. The summed E-state index contributed by atoms with van der Waals surface area (Å²) >= 11 is 0. The average molecular weight is 286 g/mol. The number of amides is 1. The first-order chi connectivity index (χ1) is 10.1. The van der Waals surface area contributed by atoms with E-state index in [-0.39, 0.29) is 12.2 Å². The molecule has 0 fully saturated rings. The molecule has 1 aromatic carbocycles. The molecular weight excluding hydrogens is 276 g/mol. The van der Waals surface area contributed by atoms with Crippen LogP contribution in [-0.2, 0) is 11.3 Å². The number of imidazole rings is 1. The summed E-state index contributed by atoms with van der Waals surface area (Å²) in [5.74, 6) is -1.27. The SMILES string of the molecule is O=C(Cn1cc(C(=O)O)nn1)Nc1nc2ccccc2[nH]1. The third kappa shape index (κ3) is 2.71. The minimum absolute atomic E-state index is 0.155. The first-order valence-corrected chi connectivity index (χ1v) is 6.00. The minimum Gasteiger partial charge on any atom is -0.476 e. The standard InChI is InChI=1S/C12H10N6O3/c19-10(6-18-5-9(11(20)21)16-17-18)15-12-13-7-3-1-2-4-8(7)14-12/h1-5H,6H2,(H,20,21)(H2,13,14,15,19). The Labute approximate surface area is 117 Å². The summed E-state index contributed by atoms with van der Waals surface area (Å²) in [6, 6.07) is 7.36. The van der Waals surface area contributed by atoms with E-state index in [1.54, 1.807) is 0 Å². The number of carbonyl (C=O) groups is 2. The number of carbonyl (C=O) groups excluding carboxylic acids is 1. The molecule has 0 unspecified atom stereocenters. The van der Waals surface area contributed by atoms with Gasteiger partial charge in [-0.1, -0.05) is 17.3 Å². The third-order valence-corrected chi connectivity index (χ3v) is 2.71. The normalized spacial score (nSPS) is 10.7. The van der Waals surface area contributed by atoms with Crippen LogP contribution in [0.25, 0.3) is 11.0 Å². The maximum absolute atomic E-state index is 11.8.